The van der Waals surface area contributed by atoms with Crippen molar-refractivity contribution in [1.29, 1.82) is 0 Å². The maximum absolute atomic E-state index is 10.5. The third kappa shape index (κ3) is 2.04. The smallest absolute Gasteiger partial charge is 0.103 e. The molecule has 2 aromatic heterocycles. The average molecular weight is 313 g/mol. The van der Waals surface area contributed by atoms with Crippen molar-refractivity contribution >= 4 is 27.2 Å². The van der Waals surface area contributed by atoms with Crippen LogP contribution < -0.4 is 5.32 Å². The molecule has 4 nitrogen and oxygen atoms in total. The Labute approximate surface area is 133 Å². The Morgan fingerprint density at radius 3 is 3.09 bits per heavy atom. The summed E-state index contributed by atoms with van der Waals surface area (Å²) in [4.78, 5) is 0. The van der Waals surface area contributed by atoms with Crippen molar-refractivity contribution in [3.05, 3.63) is 46.5 Å². The molecule has 0 saturated carbocycles. The lowest BCUT2D eigenvalue weighted by Gasteiger charge is -2.22. The summed E-state index contributed by atoms with van der Waals surface area (Å²) < 4.78 is 1.23. The minimum atomic E-state index is -0.763. The number of thiophene rings is 1. The number of nitrogens with zero attached hydrogens (tertiary/aromatic N) is 1. The van der Waals surface area contributed by atoms with Crippen molar-refractivity contribution in [2.45, 2.75) is 38.3 Å². The molecule has 0 saturated heterocycles. The number of hydrogen-bond acceptors (Lipinski definition) is 4. The molecule has 1 aromatic carbocycles. The number of fused-ring (bicyclic) bond motifs is 2. The molecule has 0 fully saturated rings. The number of benzene rings is 1. The fourth-order valence-electron chi connectivity index (χ4n) is 3.07. The van der Waals surface area contributed by atoms with Crippen LogP contribution in [0.25, 0.3) is 10.2 Å². The van der Waals surface area contributed by atoms with Gasteiger partial charge in [0, 0.05) is 12.1 Å². The largest absolute Gasteiger partial charge is 0.385 e. The van der Waals surface area contributed by atoms with Gasteiger partial charge in [0.2, 0.25) is 0 Å². The van der Waals surface area contributed by atoms with Crippen LogP contribution in [0.3, 0.4) is 0 Å². The number of aromatic amines is 1. The van der Waals surface area contributed by atoms with Crippen molar-refractivity contribution in [3.8, 4) is 0 Å². The molecule has 3 aromatic rings. The summed E-state index contributed by atoms with van der Waals surface area (Å²) in [7, 11) is 0. The van der Waals surface area contributed by atoms with Gasteiger partial charge in [-0.05, 0) is 42.0 Å². The van der Waals surface area contributed by atoms with E-state index in [1.807, 2.05) is 19.9 Å². The molecule has 1 aliphatic rings. The molecule has 0 radical (unpaired) electrons. The predicted molar refractivity (Wildman–Crippen MR) is 90.3 cm³/mol. The van der Waals surface area contributed by atoms with Gasteiger partial charge in [0.25, 0.3) is 0 Å². The van der Waals surface area contributed by atoms with Gasteiger partial charge >= 0.3 is 0 Å². The lowest BCUT2D eigenvalue weighted by atomic mass is 9.91. The quantitative estimate of drug-likeness (QED) is 0.686. The van der Waals surface area contributed by atoms with Crippen LogP contribution in [0.4, 0.5) is 5.69 Å². The van der Waals surface area contributed by atoms with Crippen molar-refractivity contribution in [2.75, 3.05) is 5.32 Å². The van der Waals surface area contributed by atoms with E-state index in [0.717, 1.165) is 28.9 Å². The van der Waals surface area contributed by atoms with E-state index in [9.17, 15) is 5.11 Å². The standard InChI is InChI=1S/C17H19N3OS/c1-3-17(2,21)11-4-5-12-10(8-11)9-14(18-12)15-16-13(19-20-15)6-7-22-16/h4-8,14,18,21H,3,9H2,1-2H3,(H,19,20)/t14?,17-/m0/s1. The maximum Gasteiger partial charge on any atom is 0.103 e. The Bertz CT molecular complexity index is 833. The third-order valence-corrected chi connectivity index (χ3v) is 5.63. The molecule has 114 valence electrons. The molecule has 22 heavy (non-hydrogen) atoms. The first kappa shape index (κ1) is 13.8. The van der Waals surface area contributed by atoms with Crippen LogP contribution in [0, 0.1) is 0 Å². The SMILES string of the molecule is CC[C@](C)(O)c1ccc2c(c1)CC(c1n[nH]c3ccsc13)N2. The summed E-state index contributed by atoms with van der Waals surface area (Å²) in [6, 6.07) is 8.49. The zero-order valence-corrected chi connectivity index (χ0v) is 13.5. The number of nitrogens with one attached hydrogen (secondary N) is 2. The number of anilines is 1. The number of aliphatic hydroxyl groups is 1. The molecule has 2 atom stereocenters. The molecule has 1 aliphatic heterocycles. The zero-order valence-electron chi connectivity index (χ0n) is 12.7. The highest BCUT2D eigenvalue weighted by Gasteiger charge is 2.28. The van der Waals surface area contributed by atoms with Crippen molar-refractivity contribution in [1.82, 2.24) is 10.2 Å². The Morgan fingerprint density at radius 1 is 1.41 bits per heavy atom. The maximum atomic E-state index is 10.5. The van der Waals surface area contributed by atoms with E-state index in [4.69, 9.17) is 0 Å². The lowest BCUT2D eigenvalue weighted by Crippen LogP contribution is -2.19. The zero-order chi connectivity index (χ0) is 15.3. The summed E-state index contributed by atoms with van der Waals surface area (Å²) in [6.45, 7) is 3.88. The normalized spacial score (nSPS) is 19.9. The molecule has 1 unspecified atom stereocenters. The second-order valence-corrected chi connectivity index (χ2v) is 7.09. The van der Waals surface area contributed by atoms with Crippen LogP contribution in [0.1, 0.15) is 43.1 Å². The summed E-state index contributed by atoms with van der Waals surface area (Å²) in [6.07, 6.45) is 1.61. The Kier molecular flexibility index (Phi) is 3.03. The fraction of sp³-hybridized carbons (Fsp3) is 0.353. The van der Waals surface area contributed by atoms with Gasteiger partial charge in [0.05, 0.1) is 21.9 Å². The molecule has 0 bridgehead atoms. The summed E-state index contributed by atoms with van der Waals surface area (Å²) in [5, 5.41) is 23.7. The van der Waals surface area contributed by atoms with E-state index in [1.54, 1.807) is 11.3 Å². The fourth-order valence-corrected chi connectivity index (χ4v) is 3.96. The van der Waals surface area contributed by atoms with Gasteiger partial charge in [-0.15, -0.1) is 11.3 Å². The summed E-state index contributed by atoms with van der Waals surface area (Å²) in [5.41, 5.74) is 4.81. The van der Waals surface area contributed by atoms with Crippen LogP contribution in [0.15, 0.2) is 29.6 Å². The first-order valence-electron chi connectivity index (χ1n) is 7.62. The van der Waals surface area contributed by atoms with Gasteiger partial charge in [0.15, 0.2) is 0 Å². The van der Waals surface area contributed by atoms with Gasteiger partial charge < -0.3 is 10.4 Å². The minimum absolute atomic E-state index is 0.198. The summed E-state index contributed by atoms with van der Waals surface area (Å²) in [5.74, 6) is 0. The Balaban J connectivity index is 1.67. The van der Waals surface area contributed by atoms with Crippen molar-refractivity contribution in [2.24, 2.45) is 0 Å². The van der Waals surface area contributed by atoms with E-state index in [-0.39, 0.29) is 6.04 Å². The molecular formula is C17H19N3OS. The molecule has 0 spiro atoms. The Morgan fingerprint density at radius 2 is 2.27 bits per heavy atom. The first-order valence-corrected chi connectivity index (χ1v) is 8.50. The minimum Gasteiger partial charge on any atom is -0.385 e. The molecule has 0 aliphatic carbocycles. The summed E-state index contributed by atoms with van der Waals surface area (Å²) >= 11 is 1.72. The highest BCUT2D eigenvalue weighted by atomic mass is 32.1. The van der Waals surface area contributed by atoms with Crippen LogP contribution in [-0.4, -0.2) is 15.3 Å². The average Bonchev–Trinajstić information content (AvgIpc) is 3.20. The van der Waals surface area contributed by atoms with Crippen molar-refractivity contribution < 1.29 is 5.11 Å². The topological polar surface area (TPSA) is 60.9 Å². The highest BCUT2D eigenvalue weighted by Crippen LogP contribution is 2.39. The number of aromatic nitrogens is 2. The number of H-pyrrole nitrogens is 1. The van der Waals surface area contributed by atoms with Gasteiger partial charge in [0.1, 0.15) is 5.69 Å². The van der Waals surface area contributed by atoms with Crippen LogP contribution in [0.2, 0.25) is 0 Å². The van der Waals surface area contributed by atoms with E-state index in [2.05, 4.69) is 39.1 Å². The van der Waals surface area contributed by atoms with E-state index < -0.39 is 5.60 Å². The molecule has 4 rings (SSSR count). The number of hydrogen-bond donors (Lipinski definition) is 3. The molecule has 3 heterocycles. The van der Waals surface area contributed by atoms with Crippen LogP contribution in [-0.2, 0) is 12.0 Å². The van der Waals surface area contributed by atoms with Crippen LogP contribution >= 0.6 is 11.3 Å². The molecular weight excluding hydrogens is 294 g/mol. The molecule has 0 amide bonds. The van der Waals surface area contributed by atoms with Gasteiger partial charge in [-0.3, -0.25) is 5.10 Å². The van der Waals surface area contributed by atoms with Crippen molar-refractivity contribution in [3.63, 3.8) is 0 Å². The van der Waals surface area contributed by atoms with Gasteiger partial charge in [-0.2, -0.15) is 5.10 Å². The molecule has 5 heteroatoms. The second-order valence-electron chi connectivity index (χ2n) is 6.17. The number of rotatable bonds is 3. The van der Waals surface area contributed by atoms with E-state index >= 15 is 0 Å². The molecule has 3 N–H and O–H groups in total. The lowest BCUT2D eigenvalue weighted by molar-refractivity contribution is 0.0530. The second kappa shape index (κ2) is 4.83. The first-order chi connectivity index (χ1) is 10.6. The van der Waals surface area contributed by atoms with E-state index in [0.29, 0.717) is 6.42 Å². The third-order valence-electron chi connectivity index (χ3n) is 4.69. The van der Waals surface area contributed by atoms with Crippen LogP contribution in [0.5, 0.6) is 0 Å². The van der Waals surface area contributed by atoms with Gasteiger partial charge in [-0.1, -0.05) is 19.1 Å². The van der Waals surface area contributed by atoms with Gasteiger partial charge in [-0.25, -0.2) is 0 Å². The van der Waals surface area contributed by atoms with E-state index in [1.165, 1.54) is 10.3 Å². The monoisotopic (exact) mass is 313 g/mol. The predicted octanol–water partition coefficient (Wildman–Crippen LogP) is 3.95. The Hall–Kier alpha value is -1.85. The highest BCUT2D eigenvalue weighted by molar-refractivity contribution is 7.17.